The van der Waals surface area contributed by atoms with Crippen LogP contribution in [0.15, 0.2) is 46.3 Å². The average molecular weight is 587 g/mol. The molecule has 2 aromatic carbocycles. The van der Waals surface area contributed by atoms with Crippen LogP contribution in [-0.4, -0.2) is 49.4 Å². The summed E-state index contributed by atoms with van der Waals surface area (Å²) in [5.74, 6) is -1.13. The number of esters is 1. The fourth-order valence-corrected chi connectivity index (χ4v) is 6.97. The van der Waals surface area contributed by atoms with E-state index in [-0.39, 0.29) is 21.8 Å². The molecule has 8 nitrogen and oxygen atoms in total. The minimum absolute atomic E-state index is 0.125. The second-order valence-corrected chi connectivity index (χ2v) is 12.1. The molecule has 3 aromatic rings. The number of benzene rings is 2. The molecule has 0 saturated heterocycles. The standard InChI is InChI=1S/C25H29Cl2N3O5S2/c1-4-6-12-29(13-7-5-2)37(33,34)19-10-8-17(9-11-19)24(32)28-25-30(16-22(31)35-3)23-20(27)14-18(26)15-21(23)36-25/h8-11,14-15H,4-7,12-13,16H2,1-3H3. The van der Waals surface area contributed by atoms with Gasteiger partial charge in [0.1, 0.15) is 6.54 Å². The van der Waals surface area contributed by atoms with Crippen molar-refractivity contribution in [2.75, 3.05) is 20.2 Å². The van der Waals surface area contributed by atoms with Gasteiger partial charge >= 0.3 is 5.97 Å². The Morgan fingerprint density at radius 3 is 2.24 bits per heavy atom. The van der Waals surface area contributed by atoms with E-state index < -0.39 is 21.9 Å². The van der Waals surface area contributed by atoms with Crippen molar-refractivity contribution >= 4 is 66.7 Å². The van der Waals surface area contributed by atoms with Crippen molar-refractivity contribution in [3.05, 3.63) is 56.8 Å². The molecule has 200 valence electrons. The SMILES string of the molecule is CCCCN(CCCC)S(=O)(=O)c1ccc(C(=O)N=c2sc3cc(Cl)cc(Cl)c3n2CC(=O)OC)cc1. The number of hydrogen-bond acceptors (Lipinski definition) is 6. The van der Waals surface area contributed by atoms with Gasteiger partial charge in [-0.05, 0) is 49.2 Å². The van der Waals surface area contributed by atoms with Crippen molar-refractivity contribution in [3.8, 4) is 0 Å². The zero-order valence-corrected chi connectivity index (χ0v) is 24.0. The smallest absolute Gasteiger partial charge is 0.325 e. The summed E-state index contributed by atoms with van der Waals surface area (Å²) in [6.45, 7) is 4.73. The molecular weight excluding hydrogens is 557 g/mol. The van der Waals surface area contributed by atoms with Gasteiger partial charge in [0, 0.05) is 23.7 Å². The Bertz CT molecular complexity index is 1440. The fourth-order valence-electron chi connectivity index (χ4n) is 3.65. The maximum atomic E-state index is 13.2. The molecule has 0 fully saturated rings. The van der Waals surface area contributed by atoms with E-state index in [0.29, 0.717) is 33.4 Å². The third-order valence-electron chi connectivity index (χ3n) is 5.67. The van der Waals surface area contributed by atoms with E-state index in [9.17, 15) is 18.0 Å². The molecule has 0 aliphatic heterocycles. The number of carbonyl (C=O) groups excluding carboxylic acids is 2. The molecule has 1 heterocycles. The summed E-state index contributed by atoms with van der Waals surface area (Å²) in [5, 5.41) is 0.715. The first-order chi connectivity index (χ1) is 17.6. The first-order valence-corrected chi connectivity index (χ1v) is 14.9. The summed E-state index contributed by atoms with van der Waals surface area (Å²) < 4.78 is 34.8. The predicted molar refractivity (Wildman–Crippen MR) is 147 cm³/mol. The zero-order valence-electron chi connectivity index (χ0n) is 20.9. The molecule has 0 aliphatic rings. The molecule has 0 radical (unpaired) electrons. The molecule has 1 aromatic heterocycles. The number of halogens is 2. The highest BCUT2D eigenvalue weighted by molar-refractivity contribution is 7.89. The van der Waals surface area contributed by atoms with Gasteiger partial charge in [-0.3, -0.25) is 9.59 Å². The third kappa shape index (κ3) is 7.00. The summed E-state index contributed by atoms with van der Waals surface area (Å²) in [6, 6.07) is 8.95. The Labute approximate surface area is 230 Å². The summed E-state index contributed by atoms with van der Waals surface area (Å²) in [6.07, 6.45) is 3.32. The number of unbranched alkanes of at least 4 members (excludes halogenated alkanes) is 2. The van der Waals surface area contributed by atoms with E-state index >= 15 is 0 Å². The fraction of sp³-hybridized carbons (Fsp3) is 0.400. The first-order valence-electron chi connectivity index (χ1n) is 11.9. The number of sulfonamides is 1. The lowest BCUT2D eigenvalue weighted by Gasteiger charge is -2.22. The highest BCUT2D eigenvalue weighted by atomic mass is 35.5. The van der Waals surface area contributed by atoms with Gasteiger partial charge in [0.25, 0.3) is 5.91 Å². The second kappa shape index (κ2) is 13.0. The van der Waals surface area contributed by atoms with Crippen LogP contribution in [0.5, 0.6) is 0 Å². The van der Waals surface area contributed by atoms with E-state index in [0.717, 1.165) is 37.0 Å². The van der Waals surface area contributed by atoms with Crippen molar-refractivity contribution in [1.82, 2.24) is 8.87 Å². The van der Waals surface area contributed by atoms with Gasteiger partial charge in [0.15, 0.2) is 4.80 Å². The van der Waals surface area contributed by atoms with Crippen molar-refractivity contribution in [3.63, 3.8) is 0 Å². The van der Waals surface area contributed by atoms with Gasteiger partial charge in [0.05, 0.1) is 27.2 Å². The van der Waals surface area contributed by atoms with Gasteiger partial charge < -0.3 is 9.30 Å². The van der Waals surface area contributed by atoms with E-state index in [2.05, 4.69) is 4.99 Å². The van der Waals surface area contributed by atoms with E-state index in [4.69, 9.17) is 27.9 Å². The van der Waals surface area contributed by atoms with Gasteiger partial charge in [-0.2, -0.15) is 9.30 Å². The van der Waals surface area contributed by atoms with Crippen LogP contribution in [0.3, 0.4) is 0 Å². The van der Waals surface area contributed by atoms with Crippen LogP contribution in [-0.2, 0) is 26.1 Å². The number of hydrogen-bond donors (Lipinski definition) is 0. The third-order valence-corrected chi connectivity index (χ3v) is 9.11. The van der Waals surface area contributed by atoms with Crippen molar-refractivity contribution in [1.29, 1.82) is 0 Å². The molecule has 0 saturated carbocycles. The minimum Gasteiger partial charge on any atom is -0.468 e. The van der Waals surface area contributed by atoms with Gasteiger partial charge in [-0.15, -0.1) is 0 Å². The highest BCUT2D eigenvalue weighted by Gasteiger charge is 2.24. The Balaban J connectivity index is 1.97. The molecule has 0 N–H and O–H groups in total. The summed E-state index contributed by atoms with van der Waals surface area (Å²) in [5.41, 5.74) is 0.715. The molecule has 0 atom stereocenters. The van der Waals surface area contributed by atoms with Crippen LogP contribution in [0.2, 0.25) is 10.0 Å². The minimum atomic E-state index is -3.69. The maximum Gasteiger partial charge on any atom is 0.325 e. The number of thiazole rings is 1. The molecular formula is C25H29Cl2N3O5S2. The Morgan fingerprint density at radius 1 is 1.05 bits per heavy atom. The molecule has 0 bridgehead atoms. The van der Waals surface area contributed by atoms with Crippen molar-refractivity contribution in [2.45, 2.75) is 51.0 Å². The number of rotatable bonds is 11. The summed E-state index contributed by atoms with van der Waals surface area (Å²) in [4.78, 5) is 29.6. The van der Waals surface area contributed by atoms with Crippen LogP contribution in [0.1, 0.15) is 49.9 Å². The second-order valence-electron chi connectivity index (χ2n) is 8.33. The molecule has 3 rings (SSSR count). The number of nitrogens with zero attached hydrogens (tertiary/aromatic N) is 3. The normalized spacial score (nSPS) is 12.4. The highest BCUT2D eigenvalue weighted by Crippen LogP contribution is 2.30. The van der Waals surface area contributed by atoms with Gasteiger partial charge in [-0.25, -0.2) is 8.42 Å². The van der Waals surface area contributed by atoms with Crippen LogP contribution in [0.25, 0.3) is 10.2 Å². The zero-order chi connectivity index (χ0) is 27.2. The number of fused-ring (bicyclic) bond motifs is 1. The number of amides is 1. The Morgan fingerprint density at radius 2 is 1.68 bits per heavy atom. The van der Waals surface area contributed by atoms with Crippen LogP contribution in [0, 0.1) is 0 Å². The van der Waals surface area contributed by atoms with Crippen molar-refractivity contribution in [2.24, 2.45) is 4.99 Å². The van der Waals surface area contributed by atoms with Gasteiger partial charge in [0.2, 0.25) is 10.0 Å². The van der Waals surface area contributed by atoms with E-state index in [1.807, 2.05) is 13.8 Å². The number of carbonyl (C=O) groups is 2. The van der Waals surface area contributed by atoms with Crippen LogP contribution in [0.4, 0.5) is 0 Å². The predicted octanol–water partition coefficient (Wildman–Crippen LogP) is 5.51. The van der Waals surface area contributed by atoms with Crippen LogP contribution < -0.4 is 4.80 Å². The Hall–Kier alpha value is -2.24. The molecule has 0 aliphatic carbocycles. The average Bonchev–Trinajstić information content (AvgIpc) is 3.20. The van der Waals surface area contributed by atoms with E-state index in [1.54, 1.807) is 12.1 Å². The first kappa shape index (κ1) is 29.3. The largest absolute Gasteiger partial charge is 0.468 e. The maximum absolute atomic E-state index is 13.2. The molecule has 1 amide bonds. The topological polar surface area (TPSA) is 98.0 Å². The lowest BCUT2D eigenvalue weighted by molar-refractivity contribution is -0.141. The molecule has 0 spiro atoms. The number of methoxy groups -OCH3 is 1. The van der Waals surface area contributed by atoms with Gasteiger partial charge in [-0.1, -0.05) is 61.2 Å². The monoisotopic (exact) mass is 585 g/mol. The summed E-state index contributed by atoms with van der Waals surface area (Å²) >= 11 is 13.6. The van der Waals surface area contributed by atoms with Crippen molar-refractivity contribution < 1.29 is 22.7 Å². The molecule has 37 heavy (non-hydrogen) atoms. The lowest BCUT2D eigenvalue weighted by Crippen LogP contribution is -2.33. The Kier molecular flexibility index (Phi) is 10.3. The molecule has 0 unspecified atom stereocenters. The summed E-state index contributed by atoms with van der Waals surface area (Å²) in [7, 11) is -2.42. The lowest BCUT2D eigenvalue weighted by atomic mass is 10.2. The van der Waals surface area contributed by atoms with Crippen LogP contribution >= 0.6 is 34.5 Å². The number of ether oxygens (including phenoxy) is 1. The quantitative estimate of drug-likeness (QED) is 0.276. The van der Waals surface area contributed by atoms with E-state index in [1.165, 1.54) is 40.2 Å². The molecule has 12 heteroatoms. The number of aromatic nitrogens is 1.